The first-order valence-electron chi connectivity index (χ1n) is 7.64. The molecule has 0 aliphatic carbocycles. The lowest BCUT2D eigenvalue weighted by atomic mass is 10.1. The third-order valence-electron chi connectivity index (χ3n) is 3.69. The number of nitrogen functional groups attached to an aromatic ring is 1. The number of esters is 1. The summed E-state index contributed by atoms with van der Waals surface area (Å²) in [6, 6.07) is 4.65. The molecule has 0 bridgehead atoms. The van der Waals surface area contributed by atoms with Crippen molar-refractivity contribution in [3.8, 4) is 0 Å². The Morgan fingerprint density at radius 3 is 2.54 bits per heavy atom. The number of ether oxygens (including phenoxy) is 1. The molecule has 0 saturated heterocycles. The van der Waals surface area contributed by atoms with Gasteiger partial charge < -0.3 is 20.4 Å². The average molecular weight is 379 g/mol. The fourth-order valence-electron chi connectivity index (χ4n) is 2.49. The van der Waals surface area contributed by atoms with Crippen molar-refractivity contribution in [2.75, 3.05) is 31.8 Å². The summed E-state index contributed by atoms with van der Waals surface area (Å²) < 4.78 is 19.6. The fourth-order valence-corrected chi connectivity index (χ4v) is 2.80. The van der Waals surface area contributed by atoms with Gasteiger partial charge in [0.2, 0.25) is 0 Å². The summed E-state index contributed by atoms with van der Waals surface area (Å²) >= 11 is 6.06. The van der Waals surface area contributed by atoms with Crippen molar-refractivity contribution in [1.29, 1.82) is 0 Å². The van der Waals surface area contributed by atoms with Crippen LogP contribution in [0.2, 0.25) is 5.02 Å². The predicted octanol–water partition coefficient (Wildman–Crippen LogP) is 3.40. The van der Waals surface area contributed by atoms with Crippen LogP contribution in [0.5, 0.6) is 0 Å². The first-order valence-corrected chi connectivity index (χ1v) is 8.02. The average Bonchev–Trinajstić information content (AvgIpc) is 2.89. The molecule has 1 heterocycles. The number of H-pyrrole nitrogens is 1. The Morgan fingerprint density at radius 2 is 2.04 bits per heavy atom. The molecule has 0 unspecified atom stereocenters. The molecule has 0 fully saturated rings. The second-order valence-electron chi connectivity index (χ2n) is 5.83. The van der Waals surface area contributed by atoms with Crippen LogP contribution in [0.1, 0.15) is 16.8 Å². The van der Waals surface area contributed by atoms with Crippen LogP contribution in [0.4, 0.5) is 15.9 Å². The Morgan fingerprint density at radius 1 is 1.38 bits per heavy atom. The normalized spacial score (nSPS) is 11.4. The molecule has 8 heteroatoms. The number of rotatable bonds is 5. The standard InChI is InChI=1S/C18H20ClFN4O2/c1-9-8-12(17(21)22-9)15(18(25)26-5)23-10(2)11-6-7-13(19)16(14(11)20)24(3)4/h6-8,22H,2,21H2,1,3-5H3/b23-15+. The number of nitrogens with zero attached hydrogens (tertiary/aromatic N) is 2. The van der Waals surface area contributed by atoms with E-state index in [-0.39, 0.29) is 33.5 Å². The summed E-state index contributed by atoms with van der Waals surface area (Å²) in [6.07, 6.45) is 0. The monoisotopic (exact) mass is 378 g/mol. The van der Waals surface area contributed by atoms with E-state index in [1.165, 1.54) is 13.2 Å². The highest BCUT2D eigenvalue weighted by molar-refractivity contribution is 6.45. The topological polar surface area (TPSA) is 83.7 Å². The van der Waals surface area contributed by atoms with Crippen LogP contribution >= 0.6 is 11.6 Å². The first kappa shape index (κ1) is 19.5. The number of aromatic nitrogens is 1. The number of carbonyl (C=O) groups excluding carboxylic acids is 1. The second kappa shape index (κ2) is 7.61. The Bertz CT molecular complexity index is 903. The van der Waals surface area contributed by atoms with Gasteiger partial charge in [-0.3, -0.25) is 0 Å². The number of nitrogens with two attached hydrogens (primary N) is 1. The van der Waals surface area contributed by atoms with Crippen LogP contribution in [0, 0.1) is 12.7 Å². The number of aryl methyl sites for hydroxylation is 1. The Hall–Kier alpha value is -2.80. The summed E-state index contributed by atoms with van der Waals surface area (Å²) in [5.74, 6) is -1.04. The highest BCUT2D eigenvalue weighted by Crippen LogP contribution is 2.33. The van der Waals surface area contributed by atoms with Crippen molar-refractivity contribution in [3.05, 3.63) is 52.4 Å². The van der Waals surface area contributed by atoms with E-state index in [4.69, 9.17) is 22.1 Å². The van der Waals surface area contributed by atoms with Gasteiger partial charge in [-0.05, 0) is 25.1 Å². The maximum atomic E-state index is 14.9. The molecule has 1 aromatic carbocycles. The van der Waals surface area contributed by atoms with Crippen molar-refractivity contribution in [2.24, 2.45) is 4.99 Å². The van der Waals surface area contributed by atoms with E-state index in [0.717, 1.165) is 5.69 Å². The smallest absolute Gasteiger partial charge is 0.357 e. The van der Waals surface area contributed by atoms with Crippen LogP contribution in [-0.2, 0) is 9.53 Å². The van der Waals surface area contributed by atoms with Crippen LogP contribution in [0.15, 0.2) is 29.8 Å². The van der Waals surface area contributed by atoms with Crippen LogP contribution in [0.25, 0.3) is 5.70 Å². The van der Waals surface area contributed by atoms with Gasteiger partial charge in [0, 0.05) is 30.9 Å². The van der Waals surface area contributed by atoms with Gasteiger partial charge in [0.25, 0.3) is 0 Å². The molecule has 1 aromatic heterocycles. The van der Waals surface area contributed by atoms with Gasteiger partial charge in [-0.15, -0.1) is 0 Å². The lowest BCUT2D eigenvalue weighted by Gasteiger charge is -2.17. The second-order valence-corrected chi connectivity index (χ2v) is 6.24. The van der Waals surface area contributed by atoms with Crippen molar-refractivity contribution in [1.82, 2.24) is 4.98 Å². The molecular weight excluding hydrogens is 359 g/mol. The number of methoxy groups -OCH3 is 1. The molecule has 0 amide bonds. The molecule has 0 saturated carbocycles. The number of halogens is 2. The number of carbonyl (C=O) groups is 1. The Kier molecular flexibility index (Phi) is 5.72. The van der Waals surface area contributed by atoms with E-state index < -0.39 is 11.8 Å². The third kappa shape index (κ3) is 3.72. The van der Waals surface area contributed by atoms with Crippen molar-refractivity contribution >= 4 is 40.5 Å². The maximum absolute atomic E-state index is 14.9. The fraction of sp³-hybridized carbons (Fsp3) is 0.222. The van der Waals surface area contributed by atoms with E-state index in [1.54, 1.807) is 38.1 Å². The maximum Gasteiger partial charge on any atom is 0.357 e. The number of aliphatic imine (C=N–C) groups is 1. The highest BCUT2D eigenvalue weighted by Gasteiger charge is 2.22. The van der Waals surface area contributed by atoms with E-state index in [0.29, 0.717) is 5.56 Å². The van der Waals surface area contributed by atoms with Gasteiger partial charge >= 0.3 is 5.97 Å². The molecule has 0 aliphatic rings. The zero-order chi connectivity index (χ0) is 19.6. The van der Waals surface area contributed by atoms with E-state index >= 15 is 0 Å². The summed E-state index contributed by atoms with van der Waals surface area (Å²) in [5, 5.41) is 0.256. The van der Waals surface area contributed by atoms with Crippen LogP contribution in [0.3, 0.4) is 0 Å². The number of hydrogen-bond acceptors (Lipinski definition) is 5. The summed E-state index contributed by atoms with van der Waals surface area (Å²) in [7, 11) is 4.57. The third-order valence-corrected chi connectivity index (χ3v) is 3.99. The Labute approximate surface area is 156 Å². The van der Waals surface area contributed by atoms with E-state index in [9.17, 15) is 9.18 Å². The molecule has 6 nitrogen and oxygen atoms in total. The summed E-state index contributed by atoms with van der Waals surface area (Å²) in [4.78, 5) is 20.8. The number of aromatic amines is 1. The SMILES string of the molecule is C=C(/N=C(/C(=O)OC)c1cc(C)[nH]c1N)c1ccc(Cl)c(N(C)C)c1F. The van der Waals surface area contributed by atoms with Gasteiger partial charge in [0.05, 0.1) is 23.5 Å². The minimum absolute atomic E-state index is 0.0425. The van der Waals surface area contributed by atoms with Gasteiger partial charge in [-0.1, -0.05) is 18.2 Å². The molecule has 0 spiro atoms. The molecule has 26 heavy (non-hydrogen) atoms. The molecule has 0 radical (unpaired) electrons. The quantitative estimate of drug-likeness (QED) is 0.617. The van der Waals surface area contributed by atoms with Gasteiger partial charge in [0.15, 0.2) is 11.5 Å². The molecule has 2 rings (SSSR count). The lowest BCUT2D eigenvalue weighted by molar-refractivity contribution is -0.132. The minimum Gasteiger partial charge on any atom is -0.464 e. The number of anilines is 2. The van der Waals surface area contributed by atoms with Crippen LogP contribution < -0.4 is 10.6 Å². The number of benzene rings is 1. The molecule has 2 aromatic rings. The zero-order valence-electron chi connectivity index (χ0n) is 15.0. The molecule has 138 valence electrons. The number of hydrogen-bond donors (Lipinski definition) is 2. The van der Waals surface area contributed by atoms with Crippen molar-refractivity contribution < 1.29 is 13.9 Å². The Balaban J connectivity index is 2.58. The zero-order valence-corrected chi connectivity index (χ0v) is 15.7. The highest BCUT2D eigenvalue weighted by atomic mass is 35.5. The molecule has 0 aliphatic heterocycles. The minimum atomic E-state index is -0.709. The van der Waals surface area contributed by atoms with Gasteiger partial charge in [-0.2, -0.15) is 0 Å². The lowest BCUT2D eigenvalue weighted by Crippen LogP contribution is -2.18. The van der Waals surface area contributed by atoms with Gasteiger partial charge in [0.1, 0.15) is 5.82 Å². The largest absolute Gasteiger partial charge is 0.464 e. The first-order chi connectivity index (χ1) is 12.2. The number of nitrogens with one attached hydrogen (secondary N) is 1. The molecular formula is C18H20ClFN4O2. The predicted molar refractivity (Wildman–Crippen MR) is 103 cm³/mol. The van der Waals surface area contributed by atoms with Crippen molar-refractivity contribution in [3.63, 3.8) is 0 Å². The molecule has 0 atom stereocenters. The van der Waals surface area contributed by atoms with E-state index in [1.807, 2.05) is 0 Å². The molecule has 3 N–H and O–H groups in total. The van der Waals surface area contributed by atoms with Crippen molar-refractivity contribution in [2.45, 2.75) is 6.92 Å². The summed E-state index contributed by atoms with van der Waals surface area (Å²) in [5.41, 5.74) is 7.29. The van der Waals surface area contributed by atoms with E-state index in [2.05, 4.69) is 16.6 Å². The van der Waals surface area contributed by atoms with Crippen LogP contribution in [-0.4, -0.2) is 37.9 Å². The van der Waals surface area contributed by atoms with Gasteiger partial charge in [-0.25, -0.2) is 14.2 Å². The summed E-state index contributed by atoms with van der Waals surface area (Å²) in [6.45, 7) is 5.57.